The van der Waals surface area contributed by atoms with Crippen molar-refractivity contribution < 1.29 is 0 Å². The molecule has 0 aliphatic rings. The van der Waals surface area contributed by atoms with Gasteiger partial charge in [-0.1, -0.05) is 6.92 Å². The molecular formula is C9H13BrN2. The minimum atomic E-state index is 0.507. The molecular weight excluding hydrogens is 216 g/mol. The topological polar surface area (TPSA) is 24.9 Å². The molecule has 0 amide bonds. The van der Waals surface area contributed by atoms with Crippen LogP contribution in [0.5, 0.6) is 0 Å². The van der Waals surface area contributed by atoms with Gasteiger partial charge in [0.05, 0.1) is 11.9 Å². The molecule has 1 atom stereocenters. The quantitative estimate of drug-likeness (QED) is 0.805. The van der Waals surface area contributed by atoms with Crippen molar-refractivity contribution in [3.05, 3.63) is 22.9 Å². The molecule has 1 N–H and O–H groups in total. The van der Waals surface area contributed by atoms with Crippen molar-refractivity contribution in [1.29, 1.82) is 0 Å². The lowest BCUT2D eigenvalue weighted by Crippen LogP contribution is -2.13. The lowest BCUT2D eigenvalue weighted by atomic mass is 10.2. The predicted octanol–water partition coefficient (Wildman–Crippen LogP) is 3.05. The predicted molar refractivity (Wildman–Crippen MR) is 55.3 cm³/mol. The van der Waals surface area contributed by atoms with Gasteiger partial charge in [0.1, 0.15) is 4.60 Å². The molecule has 0 aromatic carbocycles. The molecule has 1 unspecified atom stereocenters. The number of hydrogen-bond acceptors (Lipinski definition) is 2. The number of halogens is 1. The molecule has 0 aliphatic carbocycles. The zero-order chi connectivity index (χ0) is 8.97. The van der Waals surface area contributed by atoms with Gasteiger partial charge in [-0.3, -0.25) is 0 Å². The lowest BCUT2D eigenvalue weighted by molar-refractivity contribution is 0.763. The molecule has 1 rings (SSSR count). The van der Waals surface area contributed by atoms with Gasteiger partial charge in [-0.05, 0) is 41.4 Å². The fourth-order valence-electron chi connectivity index (χ4n) is 0.848. The first-order chi connectivity index (χ1) is 5.72. The highest BCUT2D eigenvalue weighted by molar-refractivity contribution is 9.10. The lowest BCUT2D eigenvalue weighted by Gasteiger charge is -2.11. The molecule has 66 valence electrons. The van der Waals surface area contributed by atoms with E-state index in [0.717, 1.165) is 16.7 Å². The van der Waals surface area contributed by atoms with Crippen molar-refractivity contribution in [2.45, 2.75) is 26.3 Å². The van der Waals surface area contributed by atoms with Crippen LogP contribution in [0.2, 0.25) is 0 Å². The van der Waals surface area contributed by atoms with E-state index in [2.05, 4.69) is 40.1 Å². The summed E-state index contributed by atoms with van der Waals surface area (Å²) >= 11 is 3.29. The SMILES string of the molecule is CCC(C)Nc1ccc(Br)nc1. The van der Waals surface area contributed by atoms with Gasteiger partial charge in [0.15, 0.2) is 0 Å². The second kappa shape index (κ2) is 4.45. The molecule has 2 nitrogen and oxygen atoms in total. The van der Waals surface area contributed by atoms with Crippen LogP contribution in [0.1, 0.15) is 20.3 Å². The maximum absolute atomic E-state index is 4.12. The number of nitrogens with one attached hydrogen (secondary N) is 1. The highest BCUT2D eigenvalue weighted by Gasteiger charge is 1.97. The molecule has 0 fully saturated rings. The Hall–Kier alpha value is -0.570. The monoisotopic (exact) mass is 228 g/mol. The molecule has 1 aromatic heterocycles. The van der Waals surface area contributed by atoms with Gasteiger partial charge in [-0.15, -0.1) is 0 Å². The summed E-state index contributed by atoms with van der Waals surface area (Å²) in [5.74, 6) is 0. The molecule has 12 heavy (non-hydrogen) atoms. The summed E-state index contributed by atoms with van der Waals surface area (Å²) in [7, 11) is 0. The van der Waals surface area contributed by atoms with Crippen LogP contribution in [0.15, 0.2) is 22.9 Å². The summed E-state index contributed by atoms with van der Waals surface area (Å²) in [5, 5.41) is 3.34. The van der Waals surface area contributed by atoms with E-state index in [1.807, 2.05) is 18.3 Å². The first kappa shape index (κ1) is 9.52. The van der Waals surface area contributed by atoms with Crippen molar-refractivity contribution in [1.82, 2.24) is 4.98 Å². The molecule has 0 radical (unpaired) electrons. The number of pyridine rings is 1. The second-order valence-corrected chi connectivity index (χ2v) is 3.64. The van der Waals surface area contributed by atoms with Crippen LogP contribution in [0.4, 0.5) is 5.69 Å². The van der Waals surface area contributed by atoms with E-state index in [-0.39, 0.29) is 0 Å². The molecule has 0 aliphatic heterocycles. The van der Waals surface area contributed by atoms with Crippen molar-refractivity contribution in [3.63, 3.8) is 0 Å². The van der Waals surface area contributed by atoms with Gasteiger partial charge in [-0.2, -0.15) is 0 Å². The minimum absolute atomic E-state index is 0.507. The minimum Gasteiger partial charge on any atom is -0.381 e. The van der Waals surface area contributed by atoms with Gasteiger partial charge < -0.3 is 5.32 Å². The van der Waals surface area contributed by atoms with Crippen molar-refractivity contribution >= 4 is 21.6 Å². The summed E-state index contributed by atoms with van der Waals surface area (Å²) in [6.07, 6.45) is 2.95. The van der Waals surface area contributed by atoms with Crippen LogP contribution in [0.3, 0.4) is 0 Å². The molecule has 0 saturated carbocycles. The average Bonchev–Trinajstić information content (AvgIpc) is 2.09. The van der Waals surface area contributed by atoms with E-state index in [0.29, 0.717) is 6.04 Å². The van der Waals surface area contributed by atoms with E-state index in [4.69, 9.17) is 0 Å². The van der Waals surface area contributed by atoms with Gasteiger partial charge >= 0.3 is 0 Å². The Bertz CT molecular complexity index is 233. The number of anilines is 1. The highest BCUT2D eigenvalue weighted by atomic mass is 79.9. The van der Waals surface area contributed by atoms with Gasteiger partial charge in [0.2, 0.25) is 0 Å². The molecule has 0 spiro atoms. The van der Waals surface area contributed by atoms with E-state index in [1.54, 1.807) is 0 Å². The number of nitrogens with zero attached hydrogens (tertiary/aromatic N) is 1. The van der Waals surface area contributed by atoms with E-state index >= 15 is 0 Å². The van der Waals surface area contributed by atoms with Gasteiger partial charge in [-0.25, -0.2) is 4.98 Å². The molecule has 0 bridgehead atoms. The van der Waals surface area contributed by atoms with E-state index in [9.17, 15) is 0 Å². The van der Waals surface area contributed by atoms with Crippen LogP contribution in [0.25, 0.3) is 0 Å². The maximum Gasteiger partial charge on any atom is 0.106 e. The Morgan fingerprint density at radius 1 is 1.58 bits per heavy atom. The molecule has 1 heterocycles. The Kier molecular flexibility index (Phi) is 3.53. The summed E-state index contributed by atoms with van der Waals surface area (Å²) in [6, 6.07) is 4.46. The van der Waals surface area contributed by atoms with Crippen molar-refractivity contribution in [3.8, 4) is 0 Å². The standard InChI is InChI=1S/C9H13BrN2/c1-3-7(2)12-8-4-5-9(10)11-6-8/h4-7,12H,3H2,1-2H3. The third-order valence-corrected chi connectivity index (χ3v) is 2.22. The summed E-state index contributed by atoms with van der Waals surface area (Å²) < 4.78 is 0.872. The van der Waals surface area contributed by atoms with Crippen LogP contribution >= 0.6 is 15.9 Å². The zero-order valence-corrected chi connectivity index (χ0v) is 8.93. The Labute approximate surface area is 81.5 Å². The van der Waals surface area contributed by atoms with Crippen LogP contribution in [-0.2, 0) is 0 Å². The average molecular weight is 229 g/mol. The fourth-order valence-corrected chi connectivity index (χ4v) is 1.08. The number of aromatic nitrogens is 1. The maximum atomic E-state index is 4.12. The van der Waals surface area contributed by atoms with Crippen LogP contribution < -0.4 is 5.32 Å². The van der Waals surface area contributed by atoms with E-state index < -0.39 is 0 Å². The normalized spacial score (nSPS) is 12.6. The summed E-state index contributed by atoms with van der Waals surface area (Å²) in [6.45, 7) is 4.31. The third kappa shape index (κ3) is 2.81. The van der Waals surface area contributed by atoms with Gasteiger partial charge in [0.25, 0.3) is 0 Å². The van der Waals surface area contributed by atoms with E-state index in [1.165, 1.54) is 0 Å². The fraction of sp³-hybridized carbons (Fsp3) is 0.444. The Balaban J connectivity index is 2.58. The zero-order valence-electron chi connectivity index (χ0n) is 7.34. The first-order valence-corrected chi connectivity index (χ1v) is 4.89. The first-order valence-electron chi connectivity index (χ1n) is 4.10. The second-order valence-electron chi connectivity index (χ2n) is 2.82. The van der Waals surface area contributed by atoms with Gasteiger partial charge in [0, 0.05) is 6.04 Å². The number of hydrogen-bond donors (Lipinski definition) is 1. The third-order valence-electron chi connectivity index (χ3n) is 1.75. The Morgan fingerprint density at radius 2 is 2.33 bits per heavy atom. The Morgan fingerprint density at radius 3 is 2.83 bits per heavy atom. The number of rotatable bonds is 3. The summed E-state index contributed by atoms with van der Waals surface area (Å²) in [4.78, 5) is 4.12. The van der Waals surface area contributed by atoms with Crippen molar-refractivity contribution in [2.24, 2.45) is 0 Å². The molecule has 0 saturated heterocycles. The molecule has 1 aromatic rings. The van der Waals surface area contributed by atoms with Crippen LogP contribution in [0, 0.1) is 0 Å². The largest absolute Gasteiger partial charge is 0.381 e. The summed E-state index contributed by atoms with van der Waals surface area (Å²) in [5.41, 5.74) is 1.08. The van der Waals surface area contributed by atoms with Crippen molar-refractivity contribution in [2.75, 3.05) is 5.32 Å². The smallest absolute Gasteiger partial charge is 0.106 e. The van der Waals surface area contributed by atoms with Crippen LogP contribution in [-0.4, -0.2) is 11.0 Å². The molecule has 3 heteroatoms. The highest BCUT2D eigenvalue weighted by Crippen LogP contribution is 2.11.